The normalized spacial score (nSPS) is 10.1. The first-order valence-corrected chi connectivity index (χ1v) is 6.02. The van der Waals surface area contributed by atoms with Crippen molar-refractivity contribution >= 4 is 17.3 Å². The predicted molar refractivity (Wildman–Crippen MR) is 73.3 cm³/mol. The van der Waals surface area contributed by atoms with E-state index in [1.165, 1.54) is 0 Å². The Morgan fingerprint density at radius 1 is 1.28 bits per heavy atom. The van der Waals surface area contributed by atoms with E-state index >= 15 is 0 Å². The summed E-state index contributed by atoms with van der Waals surface area (Å²) in [6.07, 6.45) is 2.14. The highest BCUT2D eigenvalue weighted by Gasteiger charge is 2.07. The van der Waals surface area contributed by atoms with Crippen LogP contribution in [0.4, 0.5) is 11.5 Å². The van der Waals surface area contributed by atoms with Crippen LogP contribution in [0.3, 0.4) is 0 Å². The summed E-state index contributed by atoms with van der Waals surface area (Å²) < 4.78 is 0. The predicted octanol–water partition coefficient (Wildman–Crippen LogP) is 3.73. The third-order valence-corrected chi connectivity index (χ3v) is 2.76. The minimum absolute atomic E-state index is 0.122. The largest absolute Gasteiger partial charge is 0.340 e. The van der Waals surface area contributed by atoms with Crippen LogP contribution in [0.5, 0.6) is 0 Å². The third kappa shape index (κ3) is 2.74. The van der Waals surface area contributed by atoms with Gasteiger partial charge in [0, 0.05) is 23.9 Å². The van der Waals surface area contributed by atoms with Gasteiger partial charge in [-0.15, -0.1) is 0 Å². The SMILES string of the molecule is CCC(=O)c1cnc(Nc2ccccc2)c(C)c1. The number of pyridine rings is 1. The molecular formula is C15H16N2O. The summed E-state index contributed by atoms with van der Waals surface area (Å²) in [5.41, 5.74) is 2.63. The first-order valence-electron chi connectivity index (χ1n) is 6.02. The number of aromatic nitrogens is 1. The number of nitrogens with one attached hydrogen (secondary N) is 1. The molecule has 1 heterocycles. The Hall–Kier alpha value is -2.16. The van der Waals surface area contributed by atoms with Gasteiger partial charge in [0.1, 0.15) is 5.82 Å². The average molecular weight is 240 g/mol. The molecule has 0 spiro atoms. The molecule has 18 heavy (non-hydrogen) atoms. The summed E-state index contributed by atoms with van der Waals surface area (Å²) in [5, 5.41) is 3.23. The van der Waals surface area contributed by atoms with Gasteiger partial charge in [0.15, 0.2) is 5.78 Å². The molecule has 0 atom stereocenters. The zero-order valence-electron chi connectivity index (χ0n) is 10.6. The topological polar surface area (TPSA) is 42.0 Å². The number of ketones is 1. The second kappa shape index (κ2) is 5.45. The Kier molecular flexibility index (Phi) is 3.72. The first kappa shape index (κ1) is 12.3. The van der Waals surface area contributed by atoms with Crippen LogP contribution in [0.2, 0.25) is 0 Å². The molecule has 1 aromatic heterocycles. The van der Waals surface area contributed by atoms with Crippen molar-refractivity contribution in [1.29, 1.82) is 0 Å². The summed E-state index contributed by atoms with van der Waals surface area (Å²) in [4.78, 5) is 15.9. The van der Waals surface area contributed by atoms with Crippen molar-refractivity contribution in [2.75, 3.05) is 5.32 Å². The molecule has 0 unspecified atom stereocenters. The van der Waals surface area contributed by atoms with Crippen LogP contribution in [0.15, 0.2) is 42.6 Å². The molecule has 3 nitrogen and oxygen atoms in total. The number of aryl methyl sites for hydroxylation is 1. The average Bonchev–Trinajstić information content (AvgIpc) is 2.41. The van der Waals surface area contributed by atoms with Gasteiger partial charge in [0.05, 0.1) is 0 Å². The van der Waals surface area contributed by atoms with Crippen LogP contribution in [-0.4, -0.2) is 10.8 Å². The second-order valence-corrected chi connectivity index (χ2v) is 4.16. The van der Waals surface area contributed by atoms with Gasteiger partial charge in [-0.25, -0.2) is 4.98 Å². The van der Waals surface area contributed by atoms with Gasteiger partial charge >= 0.3 is 0 Å². The first-order chi connectivity index (χ1) is 8.70. The minimum Gasteiger partial charge on any atom is -0.340 e. The van der Waals surface area contributed by atoms with E-state index in [0.717, 1.165) is 17.1 Å². The van der Waals surface area contributed by atoms with Crippen LogP contribution < -0.4 is 5.32 Å². The summed E-state index contributed by atoms with van der Waals surface area (Å²) in [7, 11) is 0. The molecule has 0 aliphatic rings. The van der Waals surface area contributed by atoms with Crippen LogP contribution in [0.1, 0.15) is 29.3 Å². The third-order valence-electron chi connectivity index (χ3n) is 2.76. The second-order valence-electron chi connectivity index (χ2n) is 4.16. The smallest absolute Gasteiger partial charge is 0.164 e. The molecule has 1 N–H and O–H groups in total. The lowest BCUT2D eigenvalue weighted by Crippen LogP contribution is -2.02. The number of Topliss-reactive ketones (excluding diaryl/α,β-unsaturated/α-hetero) is 1. The molecule has 2 rings (SSSR count). The lowest BCUT2D eigenvalue weighted by molar-refractivity contribution is 0.0988. The summed E-state index contributed by atoms with van der Waals surface area (Å²) in [6.45, 7) is 3.80. The lowest BCUT2D eigenvalue weighted by atomic mass is 10.1. The van der Waals surface area contributed by atoms with Crippen molar-refractivity contribution in [2.45, 2.75) is 20.3 Å². The van der Waals surface area contributed by atoms with E-state index in [1.54, 1.807) is 6.20 Å². The van der Waals surface area contributed by atoms with Crippen molar-refractivity contribution in [1.82, 2.24) is 4.98 Å². The highest BCUT2D eigenvalue weighted by molar-refractivity contribution is 5.96. The van der Waals surface area contributed by atoms with Gasteiger partial charge < -0.3 is 5.32 Å². The Bertz CT molecular complexity index is 550. The monoisotopic (exact) mass is 240 g/mol. The molecule has 0 aliphatic carbocycles. The lowest BCUT2D eigenvalue weighted by Gasteiger charge is -2.09. The van der Waals surface area contributed by atoms with E-state index in [-0.39, 0.29) is 5.78 Å². The van der Waals surface area contributed by atoms with E-state index in [9.17, 15) is 4.79 Å². The number of hydrogen-bond donors (Lipinski definition) is 1. The molecule has 92 valence electrons. The maximum Gasteiger partial charge on any atom is 0.164 e. The standard InChI is InChI=1S/C15H16N2O/c1-3-14(18)12-9-11(2)15(16-10-12)17-13-7-5-4-6-8-13/h4-10H,3H2,1-2H3,(H,16,17). The fraction of sp³-hybridized carbons (Fsp3) is 0.200. The number of carbonyl (C=O) groups excluding carboxylic acids is 1. The molecular weight excluding hydrogens is 224 g/mol. The Balaban J connectivity index is 2.23. The number of hydrogen-bond acceptors (Lipinski definition) is 3. The maximum absolute atomic E-state index is 11.6. The van der Waals surface area contributed by atoms with Crippen LogP contribution >= 0.6 is 0 Å². The quantitative estimate of drug-likeness (QED) is 0.828. The van der Waals surface area contributed by atoms with Crippen molar-refractivity contribution in [3.8, 4) is 0 Å². The molecule has 1 aromatic carbocycles. The molecule has 2 aromatic rings. The zero-order chi connectivity index (χ0) is 13.0. The van der Waals surface area contributed by atoms with Crippen molar-refractivity contribution in [3.05, 3.63) is 53.7 Å². The summed E-state index contributed by atoms with van der Waals surface area (Å²) >= 11 is 0. The summed E-state index contributed by atoms with van der Waals surface area (Å²) in [5.74, 6) is 0.908. The number of rotatable bonds is 4. The summed E-state index contributed by atoms with van der Waals surface area (Å²) in [6, 6.07) is 11.7. The molecule has 0 aliphatic heterocycles. The fourth-order valence-corrected chi connectivity index (χ4v) is 1.72. The van der Waals surface area contributed by atoms with E-state index in [4.69, 9.17) is 0 Å². The van der Waals surface area contributed by atoms with Gasteiger partial charge in [-0.1, -0.05) is 25.1 Å². The highest BCUT2D eigenvalue weighted by atomic mass is 16.1. The van der Waals surface area contributed by atoms with Crippen LogP contribution in [0, 0.1) is 6.92 Å². The molecule has 0 fully saturated rings. The zero-order valence-corrected chi connectivity index (χ0v) is 10.6. The van der Waals surface area contributed by atoms with Gasteiger partial charge in [-0.3, -0.25) is 4.79 Å². The van der Waals surface area contributed by atoms with Gasteiger partial charge in [-0.2, -0.15) is 0 Å². The molecule has 0 saturated heterocycles. The van der Waals surface area contributed by atoms with Crippen LogP contribution in [-0.2, 0) is 0 Å². The molecule has 3 heteroatoms. The molecule has 0 saturated carbocycles. The van der Waals surface area contributed by atoms with E-state index < -0.39 is 0 Å². The van der Waals surface area contributed by atoms with Gasteiger partial charge in [0.25, 0.3) is 0 Å². The number of carbonyl (C=O) groups is 1. The number of anilines is 2. The van der Waals surface area contributed by atoms with E-state index in [1.807, 2.05) is 50.2 Å². The van der Waals surface area contributed by atoms with Crippen LogP contribution in [0.25, 0.3) is 0 Å². The number of nitrogens with zero attached hydrogens (tertiary/aromatic N) is 1. The van der Waals surface area contributed by atoms with Crippen molar-refractivity contribution in [3.63, 3.8) is 0 Å². The van der Waals surface area contributed by atoms with E-state index in [0.29, 0.717) is 12.0 Å². The molecule has 0 bridgehead atoms. The fourth-order valence-electron chi connectivity index (χ4n) is 1.72. The maximum atomic E-state index is 11.6. The minimum atomic E-state index is 0.122. The van der Waals surface area contributed by atoms with Gasteiger partial charge in [-0.05, 0) is 30.7 Å². The van der Waals surface area contributed by atoms with Gasteiger partial charge in [0.2, 0.25) is 0 Å². The van der Waals surface area contributed by atoms with E-state index in [2.05, 4.69) is 10.3 Å². The van der Waals surface area contributed by atoms with Crippen molar-refractivity contribution in [2.24, 2.45) is 0 Å². The Labute approximate surface area is 107 Å². The Morgan fingerprint density at radius 3 is 2.61 bits per heavy atom. The molecule has 0 amide bonds. The molecule has 0 radical (unpaired) electrons. The highest BCUT2D eigenvalue weighted by Crippen LogP contribution is 2.19. The van der Waals surface area contributed by atoms with Crippen molar-refractivity contribution < 1.29 is 4.79 Å². The number of para-hydroxylation sites is 1. The number of benzene rings is 1. The Morgan fingerprint density at radius 2 is 2.00 bits per heavy atom.